The number of nitrogens with one attached hydrogen (secondary N) is 2. The van der Waals surface area contributed by atoms with Crippen molar-refractivity contribution in [2.75, 3.05) is 20.1 Å². The normalized spacial score (nSPS) is 35.1. The lowest BCUT2D eigenvalue weighted by Gasteiger charge is -2.43. The Balaban J connectivity index is 1.52. The van der Waals surface area contributed by atoms with E-state index in [0.717, 1.165) is 37.8 Å². The van der Waals surface area contributed by atoms with Gasteiger partial charge < -0.3 is 15.5 Å². The van der Waals surface area contributed by atoms with E-state index in [2.05, 4.69) is 10.6 Å². The van der Waals surface area contributed by atoms with E-state index in [9.17, 15) is 4.79 Å². The Morgan fingerprint density at radius 1 is 1.11 bits per heavy atom. The predicted octanol–water partition coefficient (Wildman–Crippen LogP) is 1.96. The topological polar surface area (TPSA) is 44.4 Å². The van der Waals surface area contributed by atoms with Crippen LogP contribution in [0.2, 0.25) is 0 Å². The molecule has 1 aliphatic heterocycles. The molecule has 0 spiro atoms. The Morgan fingerprint density at radius 2 is 1.79 bits per heavy atom. The van der Waals surface area contributed by atoms with Crippen molar-refractivity contribution in [3.63, 3.8) is 0 Å². The van der Waals surface area contributed by atoms with Crippen LogP contribution in [-0.2, 0) is 0 Å². The van der Waals surface area contributed by atoms with Gasteiger partial charge in [0.05, 0.1) is 0 Å². The summed E-state index contributed by atoms with van der Waals surface area (Å²) in [6, 6.07) is 1.02. The molecule has 19 heavy (non-hydrogen) atoms. The average molecular weight is 265 g/mol. The molecule has 4 nitrogen and oxygen atoms in total. The number of nitrogens with zero attached hydrogens (tertiary/aromatic N) is 1. The summed E-state index contributed by atoms with van der Waals surface area (Å²) in [6.45, 7) is 2.08. The maximum absolute atomic E-state index is 12.4. The first-order valence-corrected chi connectivity index (χ1v) is 7.98. The first-order valence-electron chi connectivity index (χ1n) is 7.98. The molecule has 2 N–H and O–H groups in total. The van der Waals surface area contributed by atoms with Gasteiger partial charge in [-0.3, -0.25) is 0 Å². The van der Waals surface area contributed by atoms with Crippen molar-refractivity contribution < 1.29 is 4.79 Å². The number of carbonyl (C=O) groups is 1. The number of urea groups is 1. The van der Waals surface area contributed by atoms with Crippen LogP contribution in [0, 0.1) is 11.8 Å². The van der Waals surface area contributed by atoms with Crippen molar-refractivity contribution in [1.29, 1.82) is 0 Å². The Kier molecular flexibility index (Phi) is 3.96. The van der Waals surface area contributed by atoms with Crippen molar-refractivity contribution >= 4 is 6.03 Å². The predicted molar refractivity (Wildman–Crippen MR) is 76.0 cm³/mol. The molecular formula is C15H27N3O. The van der Waals surface area contributed by atoms with Gasteiger partial charge in [0.1, 0.15) is 0 Å². The number of amides is 2. The standard InChI is InChI=1S/C15H27N3O/c1-18(13-6-8-16-9-7-13)15(19)17-14-10-11-2-4-12(14)5-3-11/h11-14,16H,2-10H2,1H3,(H,17,19). The maximum atomic E-state index is 12.4. The monoisotopic (exact) mass is 265 g/mol. The van der Waals surface area contributed by atoms with Crippen LogP contribution in [-0.4, -0.2) is 43.2 Å². The molecule has 0 aromatic rings. The number of hydrogen-bond acceptors (Lipinski definition) is 2. The summed E-state index contributed by atoms with van der Waals surface area (Å²) in [5.74, 6) is 1.62. The molecule has 0 aromatic carbocycles. The highest BCUT2D eigenvalue weighted by molar-refractivity contribution is 5.74. The number of fused-ring (bicyclic) bond motifs is 3. The van der Waals surface area contributed by atoms with E-state index in [1.165, 1.54) is 32.1 Å². The highest BCUT2D eigenvalue weighted by Crippen LogP contribution is 2.41. The van der Waals surface area contributed by atoms with Crippen LogP contribution >= 0.6 is 0 Å². The molecule has 3 saturated carbocycles. The fraction of sp³-hybridized carbons (Fsp3) is 0.933. The minimum Gasteiger partial charge on any atom is -0.335 e. The van der Waals surface area contributed by atoms with Crippen molar-refractivity contribution in [1.82, 2.24) is 15.5 Å². The molecule has 2 bridgehead atoms. The van der Waals surface area contributed by atoms with Crippen LogP contribution in [0.25, 0.3) is 0 Å². The number of hydrogen-bond donors (Lipinski definition) is 2. The first-order chi connectivity index (χ1) is 9.24. The van der Waals surface area contributed by atoms with E-state index in [1.807, 2.05) is 11.9 Å². The zero-order valence-corrected chi connectivity index (χ0v) is 12.0. The lowest BCUT2D eigenvalue weighted by Crippen LogP contribution is -2.54. The largest absolute Gasteiger partial charge is 0.335 e. The van der Waals surface area contributed by atoms with Gasteiger partial charge in [-0.05, 0) is 57.0 Å². The Hall–Kier alpha value is -0.770. The molecule has 1 saturated heterocycles. The van der Waals surface area contributed by atoms with Crippen molar-refractivity contribution in [2.24, 2.45) is 11.8 Å². The second-order valence-electron chi connectivity index (χ2n) is 6.66. The molecule has 1 unspecified atom stereocenters. The summed E-state index contributed by atoms with van der Waals surface area (Å²) in [5.41, 5.74) is 0. The van der Waals surface area contributed by atoms with Crippen LogP contribution in [0.3, 0.4) is 0 Å². The van der Waals surface area contributed by atoms with Crippen LogP contribution < -0.4 is 10.6 Å². The summed E-state index contributed by atoms with van der Waals surface area (Å²) in [6.07, 6.45) is 8.82. The lowest BCUT2D eigenvalue weighted by molar-refractivity contribution is 0.115. The minimum absolute atomic E-state index is 0.157. The van der Waals surface area contributed by atoms with Crippen LogP contribution in [0.1, 0.15) is 44.9 Å². The Morgan fingerprint density at radius 3 is 2.37 bits per heavy atom. The molecule has 4 rings (SSSR count). The fourth-order valence-corrected chi connectivity index (χ4v) is 4.17. The number of piperidine rings is 1. The van der Waals surface area contributed by atoms with Crippen molar-refractivity contribution in [2.45, 2.75) is 57.0 Å². The molecule has 3 aliphatic carbocycles. The van der Waals surface area contributed by atoms with Crippen molar-refractivity contribution in [3.05, 3.63) is 0 Å². The van der Waals surface area contributed by atoms with Gasteiger partial charge in [-0.15, -0.1) is 0 Å². The van der Waals surface area contributed by atoms with Crippen molar-refractivity contribution in [3.8, 4) is 0 Å². The zero-order chi connectivity index (χ0) is 13.2. The van der Waals surface area contributed by atoms with Gasteiger partial charge in [0.2, 0.25) is 0 Å². The summed E-state index contributed by atoms with van der Waals surface area (Å²) in [5, 5.41) is 6.67. The average Bonchev–Trinajstić information content (AvgIpc) is 2.48. The van der Waals surface area contributed by atoms with Crippen LogP contribution in [0.15, 0.2) is 0 Å². The Labute approximate surface area is 116 Å². The molecule has 4 fully saturated rings. The van der Waals surface area contributed by atoms with Gasteiger partial charge in [-0.2, -0.15) is 0 Å². The van der Waals surface area contributed by atoms with Gasteiger partial charge in [-0.25, -0.2) is 4.79 Å². The first kappa shape index (κ1) is 13.2. The molecule has 0 radical (unpaired) electrons. The van der Waals surface area contributed by atoms with Gasteiger partial charge in [-0.1, -0.05) is 12.8 Å². The summed E-state index contributed by atoms with van der Waals surface area (Å²) in [7, 11) is 1.96. The zero-order valence-electron chi connectivity index (χ0n) is 12.0. The van der Waals surface area contributed by atoms with Gasteiger partial charge in [0.15, 0.2) is 0 Å². The maximum Gasteiger partial charge on any atom is 0.317 e. The second kappa shape index (κ2) is 5.70. The fourth-order valence-electron chi connectivity index (χ4n) is 4.17. The van der Waals surface area contributed by atoms with E-state index in [0.29, 0.717) is 12.1 Å². The lowest BCUT2D eigenvalue weighted by atomic mass is 9.68. The van der Waals surface area contributed by atoms with Crippen LogP contribution in [0.4, 0.5) is 4.79 Å². The molecule has 2 amide bonds. The quantitative estimate of drug-likeness (QED) is 0.801. The molecule has 108 valence electrons. The van der Waals surface area contributed by atoms with E-state index >= 15 is 0 Å². The van der Waals surface area contributed by atoms with Gasteiger partial charge in [0.25, 0.3) is 0 Å². The third-order valence-corrected chi connectivity index (χ3v) is 5.53. The van der Waals surface area contributed by atoms with E-state index in [1.54, 1.807) is 0 Å². The molecular weight excluding hydrogens is 238 g/mol. The summed E-state index contributed by atoms with van der Waals surface area (Å²) >= 11 is 0. The molecule has 1 heterocycles. The highest BCUT2D eigenvalue weighted by atomic mass is 16.2. The second-order valence-corrected chi connectivity index (χ2v) is 6.66. The third kappa shape index (κ3) is 2.88. The number of rotatable bonds is 2. The Bertz CT molecular complexity index is 319. The third-order valence-electron chi connectivity index (χ3n) is 5.53. The van der Waals surface area contributed by atoms with Crippen LogP contribution in [0.5, 0.6) is 0 Å². The highest BCUT2D eigenvalue weighted by Gasteiger charge is 2.37. The molecule has 4 heteroatoms. The minimum atomic E-state index is 0.157. The molecule has 4 aliphatic rings. The van der Waals surface area contributed by atoms with E-state index in [4.69, 9.17) is 0 Å². The summed E-state index contributed by atoms with van der Waals surface area (Å²) in [4.78, 5) is 14.3. The van der Waals surface area contributed by atoms with Gasteiger partial charge in [0, 0.05) is 19.1 Å². The summed E-state index contributed by atoms with van der Waals surface area (Å²) < 4.78 is 0. The van der Waals surface area contributed by atoms with E-state index < -0.39 is 0 Å². The molecule has 0 aromatic heterocycles. The molecule has 1 atom stereocenters. The SMILES string of the molecule is CN(C(=O)NC1CC2CCC1CC2)C1CCNCC1. The van der Waals surface area contributed by atoms with E-state index in [-0.39, 0.29) is 6.03 Å². The smallest absolute Gasteiger partial charge is 0.317 e. The number of carbonyl (C=O) groups excluding carboxylic acids is 1. The van der Waals surface area contributed by atoms with Gasteiger partial charge >= 0.3 is 6.03 Å².